The van der Waals surface area contributed by atoms with E-state index < -0.39 is 0 Å². The van der Waals surface area contributed by atoms with E-state index in [-0.39, 0.29) is 18.1 Å². The first kappa shape index (κ1) is 12.7. The summed E-state index contributed by atoms with van der Waals surface area (Å²) in [4.78, 5) is 12.2. The first-order valence-electron chi connectivity index (χ1n) is 7.16. The van der Waals surface area contributed by atoms with Gasteiger partial charge in [-0.05, 0) is 26.2 Å². The van der Waals surface area contributed by atoms with Crippen molar-refractivity contribution in [1.82, 2.24) is 15.5 Å². The highest BCUT2D eigenvalue weighted by Crippen LogP contribution is 2.32. The third-order valence-electron chi connectivity index (χ3n) is 3.98. The van der Waals surface area contributed by atoms with Crippen LogP contribution in [0.15, 0.2) is 0 Å². The predicted octanol–water partition coefficient (Wildman–Crippen LogP) is 1.96. The molecule has 0 spiro atoms. The Balaban J connectivity index is 1.68. The molecule has 2 atom stereocenters. The number of aromatic nitrogens is 2. The van der Waals surface area contributed by atoms with Gasteiger partial charge in [-0.15, -0.1) is 0 Å². The molecule has 1 fully saturated rings. The molecule has 1 aromatic rings. The van der Waals surface area contributed by atoms with Gasteiger partial charge in [0.05, 0.1) is 17.9 Å². The number of rotatable bonds is 4. The lowest BCUT2D eigenvalue weighted by Gasteiger charge is -2.25. The molecule has 0 unspecified atom stereocenters. The van der Waals surface area contributed by atoms with Crippen molar-refractivity contribution in [3.05, 3.63) is 17.0 Å². The van der Waals surface area contributed by atoms with E-state index in [1.54, 1.807) is 0 Å². The van der Waals surface area contributed by atoms with Crippen LogP contribution in [0.5, 0.6) is 0 Å². The van der Waals surface area contributed by atoms with Crippen LogP contribution in [0.25, 0.3) is 0 Å². The molecule has 19 heavy (non-hydrogen) atoms. The van der Waals surface area contributed by atoms with E-state index in [2.05, 4.69) is 15.5 Å². The third-order valence-corrected chi connectivity index (χ3v) is 3.98. The molecule has 1 saturated carbocycles. The van der Waals surface area contributed by atoms with Crippen molar-refractivity contribution < 1.29 is 9.53 Å². The molecule has 5 nitrogen and oxygen atoms in total. The minimum absolute atomic E-state index is 0.0146. The van der Waals surface area contributed by atoms with Crippen LogP contribution < -0.4 is 5.32 Å². The SMILES string of the molecule is C[C@@H]1Cc2c(C(=O)NCCC3CC3)n[nH]c2[C@H](C)O1. The molecule has 1 aliphatic carbocycles. The molecule has 2 aliphatic rings. The van der Waals surface area contributed by atoms with Crippen LogP contribution in [-0.4, -0.2) is 28.8 Å². The average Bonchev–Trinajstić information content (AvgIpc) is 3.07. The normalized spacial score (nSPS) is 26.0. The van der Waals surface area contributed by atoms with Crippen molar-refractivity contribution in [2.24, 2.45) is 5.92 Å². The Bertz CT molecular complexity index is 479. The maximum atomic E-state index is 12.2. The molecule has 0 bridgehead atoms. The number of hydrogen-bond acceptors (Lipinski definition) is 3. The molecule has 0 saturated heterocycles. The van der Waals surface area contributed by atoms with Crippen LogP contribution in [0.1, 0.15) is 61.0 Å². The first-order valence-corrected chi connectivity index (χ1v) is 7.16. The molecule has 0 aromatic carbocycles. The fraction of sp³-hybridized carbons (Fsp3) is 0.714. The first-order chi connectivity index (χ1) is 9.15. The Kier molecular flexibility index (Phi) is 3.31. The molecule has 104 valence electrons. The van der Waals surface area contributed by atoms with Crippen LogP contribution in [0.2, 0.25) is 0 Å². The fourth-order valence-corrected chi connectivity index (χ4v) is 2.74. The highest BCUT2D eigenvalue weighted by atomic mass is 16.5. The minimum Gasteiger partial charge on any atom is -0.369 e. The summed E-state index contributed by atoms with van der Waals surface area (Å²) in [6.07, 6.45) is 4.60. The molecule has 2 N–H and O–H groups in total. The van der Waals surface area contributed by atoms with Crippen molar-refractivity contribution >= 4 is 5.91 Å². The Morgan fingerprint density at radius 3 is 3.00 bits per heavy atom. The third kappa shape index (κ3) is 2.66. The molecular formula is C14H21N3O2. The van der Waals surface area contributed by atoms with Gasteiger partial charge >= 0.3 is 0 Å². The number of hydrogen-bond donors (Lipinski definition) is 2. The summed E-state index contributed by atoms with van der Waals surface area (Å²) in [6.45, 7) is 4.77. The van der Waals surface area contributed by atoms with E-state index in [0.717, 1.165) is 36.6 Å². The van der Waals surface area contributed by atoms with Crippen LogP contribution in [-0.2, 0) is 11.2 Å². The molecule has 1 amide bonds. The zero-order chi connectivity index (χ0) is 13.4. The standard InChI is InChI=1S/C14H21N3O2/c1-8-7-11-12(9(2)19-8)16-17-13(11)14(18)15-6-5-10-3-4-10/h8-10H,3-7H2,1-2H3,(H,15,18)(H,16,17)/t8-,9+/m1/s1. The number of fused-ring (bicyclic) bond motifs is 1. The maximum absolute atomic E-state index is 12.2. The molecule has 5 heteroatoms. The zero-order valence-electron chi connectivity index (χ0n) is 11.5. The number of amides is 1. The maximum Gasteiger partial charge on any atom is 0.272 e. The Morgan fingerprint density at radius 1 is 1.47 bits per heavy atom. The molecule has 1 aromatic heterocycles. The van der Waals surface area contributed by atoms with Gasteiger partial charge in [0.25, 0.3) is 5.91 Å². The van der Waals surface area contributed by atoms with E-state index >= 15 is 0 Å². The number of carbonyl (C=O) groups is 1. The monoisotopic (exact) mass is 263 g/mol. The van der Waals surface area contributed by atoms with Crippen LogP contribution >= 0.6 is 0 Å². The Hall–Kier alpha value is -1.36. The fourth-order valence-electron chi connectivity index (χ4n) is 2.74. The van der Waals surface area contributed by atoms with Gasteiger partial charge in [-0.1, -0.05) is 12.8 Å². The predicted molar refractivity (Wildman–Crippen MR) is 70.9 cm³/mol. The summed E-state index contributed by atoms with van der Waals surface area (Å²) in [5.41, 5.74) is 2.52. The molecule has 3 rings (SSSR count). The second kappa shape index (κ2) is 4.96. The second-order valence-corrected chi connectivity index (χ2v) is 5.75. The highest BCUT2D eigenvalue weighted by molar-refractivity contribution is 5.94. The quantitative estimate of drug-likeness (QED) is 0.872. The number of ether oxygens (including phenoxy) is 1. The summed E-state index contributed by atoms with van der Waals surface area (Å²) in [5, 5.41) is 10.1. The lowest BCUT2D eigenvalue weighted by atomic mass is 9.99. The topological polar surface area (TPSA) is 67.0 Å². The van der Waals surface area contributed by atoms with Crippen molar-refractivity contribution in [1.29, 1.82) is 0 Å². The van der Waals surface area contributed by atoms with Crippen molar-refractivity contribution in [2.45, 2.75) is 51.7 Å². The van der Waals surface area contributed by atoms with E-state index in [1.165, 1.54) is 12.8 Å². The number of carbonyl (C=O) groups excluding carboxylic acids is 1. The largest absolute Gasteiger partial charge is 0.369 e. The molecule has 0 radical (unpaired) electrons. The molecular weight excluding hydrogens is 242 g/mol. The van der Waals surface area contributed by atoms with Crippen molar-refractivity contribution in [2.75, 3.05) is 6.54 Å². The molecule has 1 aliphatic heterocycles. The van der Waals surface area contributed by atoms with Gasteiger partial charge < -0.3 is 10.1 Å². The van der Waals surface area contributed by atoms with Gasteiger partial charge in [0.15, 0.2) is 5.69 Å². The van der Waals surface area contributed by atoms with Gasteiger partial charge in [0.1, 0.15) is 0 Å². The second-order valence-electron chi connectivity index (χ2n) is 5.75. The Labute approximate surface area is 113 Å². The van der Waals surface area contributed by atoms with Crippen LogP contribution in [0.4, 0.5) is 0 Å². The lowest BCUT2D eigenvalue weighted by Crippen LogP contribution is -2.28. The Morgan fingerprint density at radius 2 is 2.26 bits per heavy atom. The highest BCUT2D eigenvalue weighted by Gasteiger charge is 2.29. The van der Waals surface area contributed by atoms with E-state index in [4.69, 9.17) is 4.74 Å². The van der Waals surface area contributed by atoms with Crippen LogP contribution in [0.3, 0.4) is 0 Å². The van der Waals surface area contributed by atoms with Crippen molar-refractivity contribution in [3.8, 4) is 0 Å². The molecule has 2 heterocycles. The number of aromatic amines is 1. The van der Waals surface area contributed by atoms with Crippen LogP contribution in [0, 0.1) is 5.92 Å². The number of nitrogens with zero attached hydrogens (tertiary/aromatic N) is 1. The van der Waals surface area contributed by atoms with Gasteiger partial charge in [-0.25, -0.2) is 0 Å². The lowest BCUT2D eigenvalue weighted by molar-refractivity contribution is -0.00697. The van der Waals surface area contributed by atoms with E-state index in [1.807, 2.05) is 13.8 Å². The van der Waals surface area contributed by atoms with E-state index in [0.29, 0.717) is 5.69 Å². The van der Waals surface area contributed by atoms with Gasteiger partial charge in [-0.3, -0.25) is 9.89 Å². The van der Waals surface area contributed by atoms with Gasteiger partial charge in [0, 0.05) is 18.5 Å². The zero-order valence-corrected chi connectivity index (χ0v) is 11.5. The summed E-state index contributed by atoms with van der Waals surface area (Å²) in [5.74, 6) is 0.779. The number of H-pyrrole nitrogens is 1. The summed E-state index contributed by atoms with van der Waals surface area (Å²) < 4.78 is 5.72. The smallest absolute Gasteiger partial charge is 0.272 e. The summed E-state index contributed by atoms with van der Waals surface area (Å²) >= 11 is 0. The van der Waals surface area contributed by atoms with Gasteiger partial charge in [-0.2, -0.15) is 5.10 Å². The average molecular weight is 263 g/mol. The minimum atomic E-state index is -0.0561. The van der Waals surface area contributed by atoms with Gasteiger partial charge in [0.2, 0.25) is 0 Å². The number of nitrogens with one attached hydrogen (secondary N) is 2. The van der Waals surface area contributed by atoms with E-state index in [9.17, 15) is 4.79 Å². The summed E-state index contributed by atoms with van der Waals surface area (Å²) in [7, 11) is 0. The summed E-state index contributed by atoms with van der Waals surface area (Å²) in [6, 6.07) is 0. The van der Waals surface area contributed by atoms with Crippen molar-refractivity contribution in [3.63, 3.8) is 0 Å².